The first-order valence-electron chi connectivity index (χ1n) is 8.85. The largest absolute Gasteiger partial charge is 0.465 e. The molecule has 10 heteroatoms. The maximum atomic E-state index is 13.5. The van der Waals surface area contributed by atoms with Crippen LogP contribution in [0.2, 0.25) is 0 Å². The first-order chi connectivity index (χ1) is 14.8. The average molecular weight is 431 g/mol. The Kier molecular flexibility index (Phi) is 5.05. The predicted octanol–water partition coefficient (Wildman–Crippen LogP) is 5.34. The van der Waals surface area contributed by atoms with Gasteiger partial charge < -0.3 is 14.2 Å². The molecule has 0 aliphatic carbocycles. The van der Waals surface area contributed by atoms with Gasteiger partial charge in [-0.3, -0.25) is 0 Å². The smallest absolute Gasteiger partial charge is 0.453 e. The van der Waals surface area contributed by atoms with Crippen LogP contribution in [0.1, 0.15) is 16.1 Å². The van der Waals surface area contributed by atoms with Crippen LogP contribution in [0.25, 0.3) is 33.9 Å². The van der Waals surface area contributed by atoms with Crippen molar-refractivity contribution in [3.8, 4) is 33.9 Å². The van der Waals surface area contributed by atoms with E-state index in [0.717, 1.165) is 12.1 Å². The van der Waals surface area contributed by atoms with Gasteiger partial charge in [-0.15, -0.1) is 0 Å². The molecule has 0 fully saturated rings. The van der Waals surface area contributed by atoms with Crippen molar-refractivity contribution in [3.63, 3.8) is 0 Å². The molecule has 0 spiro atoms. The number of aromatic amines is 1. The van der Waals surface area contributed by atoms with Gasteiger partial charge in [-0.05, 0) is 36.4 Å². The Balaban J connectivity index is 1.78. The van der Waals surface area contributed by atoms with E-state index in [-0.39, 0.29) is 28.3 Å². The Hall–Kier alpha value is -3.95. The number of rotatable bonds is 4. The van der Waals surface area contributed by atoms with Crippen LogP contribution >= 0.6 is 0 Å². The van der Waals surface area contributed by atoms with Gasteiger partial charge in [-0.2, -0.15) is 13.2 Å². The molecule has 0 atom stereocenters. The lowest BCUT2D eigenvalue weighted by Gasteiger charge is -2.05. The second kappa shape index (κ2) is 7.71. The van der Waals surface area contributed by atoms with Crippen molar-refractivity contribution >= 4 is 5.97 Å². The summed E-state index contributed by atoms with van der Waals surface area (Å²) in [6.45, 7) is 0. The summed E-state index contributed by atoms with van der Waals surface area (Å²) in [6, 6.07) is 11.0. The topological polar surface area (TPSA) is 81.0 Å². The van der Waals surface area contributed by atoms with Crippen LogP contribution in [-0.2, 0) is 10.9 Å². The summed E-state index contributed by atoms with van der Waals surface area (Å²) >= 11 is 0. The fraction of sp³-hybridized carbons (Fsp3) is 0.0952. The molecule has 0 bridgehead atoms. The number of nitrogens with one attached hydrogen (secondary N) is 1. The molecule has 0 amide bonds. The number of methoxy groups -OCH3 is 1. The SMILES string of the molecule is COC(=O)c1ccc(-c2ncc(-c3c(-c4ccc(F)cc4)noc3C(F)(F)F)[nH]2)cc1. The quantitative estimate of drug-likeness (QED) is 0.348. The molecule has 6 nitrogen and oxygen atoms in total. The van der Waals surface area contributed by atoms with E-state index < -0.39 is 23.7 Å². The van der Waals surface area contributed by atoms with Gasteiger partial charge in [0.2, 0.25) is 5.76 Å². The zero-order valence-electron chi connectivity index (χ0n) is 15.8. The van der Waals surface area contributed by atoms with Crippen LogP contribution in [0.5, 0.6) is 0 Å². The van der Waals surface area contributed by atoms with Crippen LogP contribution < -0.4 is 0 Å². The van der Waals surface area contributed by atoms with Crippen LogP contribution in [0.3, 0.4) is 0 Å². The zero-order chi connectivity index (χ0) is 22.2. The van der Waals surface area contributed by atoms with E-state index in [4.69, 9.17) is 0 Å². The van der Waals surface area contributed by atoms with Crippen molar-refractivity contribution in [3.05, 3.63) is 71.9 Å². The fourth-order valence-corrected chi connectivity index (χ4v) is 3.02. The highest BCUT2D eigenvalue weighted by molar-refractivity contribution is 5.90. The third kappa shape index (κ3) is 3.91. The lowest BCUT2D eigenvalue weighted by molar-refractivity contribution is -0.154. The van der Waals surface area contributed by atoms with E-state index in [0.29, 0.717) is 11.1 Å². The summed E-state index contributed by atoms with van der Waals surface area (Å²) in [5, 5.41) is 3.56. The first kappa shape index (κ1) is 20.3. The molecule has 0 unspecified atom stereocenters. The number of nitrogens with zero attached hydrogens (tertiary/aromatic N) is 2. The van der Waals surface area contributed by atoms with E-state index in [2.05, 4.69) is 24.4 Å². The molecule has 0 saturated carbocycles. The molecule has 0 radical (unpaired) electrons. The molecule has 2 heterocycles. The summed E-state index contributed by atoms with van der Waals surface area (Å²) < 4.78 is 63.1. The molecule has 2 aromatic carbocycles. The van der Waals surface area contributed by atoms with Crippen LogP contribution in [-0.4, -0.2) is 28.2 Å². The number of H-pyrrole nitrogens is 1. The number of ether oxygens (including phenoxy) is 1. The van der Waals surface area contributed by atoms with Gasteiger partial charge >= 0.3 is 12.1 Å². The summed E-state index contributed by atoms with van der Waals surface area (Å²) in [4.78, 5) is 18.5. The van der Waals surface area contributed by atoms with Crippen LogP contribution in [0.4, 0.5) is 17.6 Å². The molecule has 158 valence electrons. The zero-order valence-corrected chi connectivity index (χ0v) is 15.8. The number of imidazole rings is 1. The number of carbonyl (C=O) groups is 1. The van der Waals surface area contributed by atoms with Gasteiger partial charge in [0.1, 0.15) is 17.3 Å². The molecule has 1 N–H and O–H groups in total. The second-order valence-electron chi connectivity index (χ2n) is 6.45. The highest BCUT2D eigenvalue weighted by Crippen LogP contribution is 2.42. The van der Waals surface area contributed by atoms with E-state index in [1.54, 1.807) is 12.1 Å². The monoisotopic (exact) mass is 431 g/mol. The third-order valence-corrected chi connectivity index (χ3v) is 4.49. The number of alkyl halides is 3. The maximum absolute atomic E-state index is 13.5. The van der Waals surface area contributed by atoms with Crippen molar-refractivity contribution in [2.45, 2.75) is 6.18 Å². The highest BCUT2D eigenvalue weighted by atomic mass is 19.4. The second-order valence-corrected chi connectivity index (χ2v) is 6.45. The number of hydrogen-bond acceptors (Lipinski definition) is 5. The van der Waals surface area contributed by atoms with E-state index in [9.17, 15) is 22.4 Å². The summed E-state index contributed by atoms with van der Waals surface area (Å²) in [6.07, 6.45) is -3.59. The molecular formula is C21H13F4N3O3. The minimum absolute atomic E-state index is 0.0138. The van der Waals surface area contributed by atoms with Gasteiger partial charge in [0.05, 0.1) is 30.1 Å². The number of aromatic nitrogens is 3. The Labute approximate surface area is 172 Å². The first-order valence-corrected chi connectivity index (χ1v) is 8.85. The van der Waals surface area contributed by atoms with Gasteiger partial charge in [0, 0.05) is 11.1 Å². The lowest BCUT2D eigenvalue weighted by atomic mass is 10.0. The van der Waals surface area contributed by atoms with Gasteiger partial charge in [0.15, 0.2) is 0 Å². The van der Waals surface area contributed by atoms with E-state index >= 15 is 0 Å². The van der Waals surface area contributed by atoms with Crippen LogP contribution in [0, 0.1) is 5.82 Å². The number of hydrogen-bond donors (Lipinski definition) is 1. The number of halogens is 4. The minimum atomic E-state index is -4.81. The van der Waals surface area contributed by atoms with Gasteiger partial charge in [0.25, 0.3) is 0 Å². The summed E-state index contributed by atoms with van der Waals surface area (Å²) in [7, 11) is 1.25. The molecule has 0 saturated heterocycles. The molecule has 31 heavy (non-hydrogen) atoms. The van der Waals surface area contributed by atoms with Crippen molar-refractivity contribution < 1.29 is 31.6 Å². The number of carbonyl (C=O) groups excluding carboxylic acids is 1. The number of benzene rings is 2. The van der Waals surface area contributed by atoms with Gasteiger partial charge in [-0.1, -0.05) is 17.3 Å². The van der Waals surface area contributed by atoms with Crippen LogP contribution in [0.15, 0.2) is 59.3 Å². The molecule has 2 aromatic heterocycles. The van der Waals surface area contributed by atoms with Crippen molar-refractivity contribution in [2.75, 3.05) is 7.11 Å². The molecule has 0 aliphatic rings. The van der Waals surface area contributed by atoms with Crippen molar-refractivity contribution in [2.24, 2.45) is 0 Å². The average Bonchev–Trinajstić information content (AvgIpc) is 3.41. The normalized spacial score (nSPS) is 11.5. The molecular weight excluding hydrogens is 418 g/mol. The Morgan fingerprint density at radius 3 is 2.29 bits per heavy atom. The summed E-state index contributed by atoms with van der Waals surface area (Å²) in [5.74, 6) is -2.09. The predicted molar refractivity (Wildman–Crippen MR) is 101 cm³/mol. The van der Waals surface area contributed by atoms with Crippen molar-refractivity contribution in [1.82, 2.24) is 15.1 Å². The van der Waals surface area contributed by atoms with E-state index in [1.807, 2.05) is 0 Å². The molecule has 0 aliphatic heterocycles. The minimum Gasteiger partial charge on any atom is -0.465 e. The lowest BCUT2D eigenvalue weighted by Crippen LogP contribution is -2.05. The highest BCUT2D eigenvalue weighted by Gasteiger charge is 2.41. The molecule has 4 aromatic rings. The summed E-state index contributed by atoms with van der Waals surface area (Å²) in [5.41, 5.74) is 0.657. The number of esters is 1. The Morgan fingerprint density at radius 1 is 1.03 bits per heavy atom. The Bertz CT molecular complexity index is 1230. The van der Waals surface area contributed by atoms with Crippen molar-refractivity contribution in [1.29, 1.82) is 0 Å². The maximum Gasteiger partial charge on any atom is 0.453 e. The third-order valence-electron chi connectivity index (χ3n) is 4.49. The fourth-order valence-electron chi connectivity index (χ4n) is 3.02. The van der Waals surface area contributed by atoms with Gasteiger partial charge in [-0.25, -0.2) is 14.2 Å². The molecule has 4 rings (SSSR count). The standard InChI is InChI=1S/C21H13F4N3O3/c1-30-20(29)13-4-2-12(3-5-13)19-26-10-15(27-19)16-17(11-6-8-14(22)9-7-11)28-31-18(16)21(23,24)25/h2-10H,1H3,(H,26,27). The van der Waals surface area contributed by atoms with E-state index in [1.165, 1.54) is 37.6 Å². The Morgan fingerprint density at radius 2 is 1.68 bits per heavy atom.